The molecule has 23 heavy (non-hydrogen) atoms. The number of nitrogens with zero attached hydrogens (tertiary/aromatic N) is 2. The van der Waals surface area contributed by atoms with Gasteiger partial charge in [0.2, 0.25) is 0 Å². The molecular weight excluding hydrogens is 424 g/mol. The van der Waals surface area contributed by atoms with Crippen LogP contribution in [0.15, 0.2) is 62.1 Å². The fourth-order valence-corrected chi connectivity index (χ4v) is 3.49. The SMILES string of the molecule is CC1=NN(c2ccccc2)C(=O)/C1=C/c1cc(Br)c(O)c(Br)c1. The second kappa shape index (κ2) is 6.29. The van der Waals surface area contributed by atoms with Crippen LogP contribution in [-0.2, 0) is 4.79 Å². The molecule has 1 aliphatic heterocycles. The molecular formula is C17H12Br2N2O2. The Labute approximate surface area is 150 Å². The van der Waals surface area contributed by atoms with Crippen LogP contribution in [0, 0.1) is 0 Å². The second-order valence-electron chi connectivity index (χ2n) is 5.03. The van der Waals surface area contributed by atoms with Crippen molar-refractivity contribution in [1.82, 2.24) is 0 Å². The lowest BCUT2D eigenvalue weighted by atomic mass is 10.1. The lowest BCUT2D eigenvalue weighted by Gasteiger charge is -2.11. The quantitative estimate of drug-likeness (QED) is 0.693. The summed E-state index contributed by atoms with van der Waals surface area (Å²) < 4.78 is 1.11. The van der Waals surface area contributed by atoms with Crippen LogP contribution >= 0.6 is 31.9 Å². The van der Waals surface area contributed by atoms with Crippen LogP contribution in [0.2, 0.25) is 0 Å². The summed E-state index contributed by atoms with van der Waals surface area (Å²) >= 11 is 6.58. The molecule has 1 amide bonds. The van der Waals surface area contributed by atoms with E-state index in [1.807, 2.05) is 30.3 Å². The topological polar surface area (TPSA) is 52.9 Å². The molecule has 1 heterocycles. The van der Waals surface area contributed by atoms with Crippen molar-refractivity contribution in [1.29, 1.82) is 0 Å². The Bertz CT molecular complexity index is 822. The summed E-state index contributed by atoms with van der Waals surface area (Å²) in [6.07, 6.45) is 1.76. The number of phenolic OH excluding ortho intramolecular Hbond substituents is 1. The van der Waals surface area contributed by atoms with Crippen LogP contribution in [0.5, 0.6) is 5.75 Å². The molecule has 1 aliphatic rings. The minimum atomic E-state index is -0.172. The first-order valence-corrected chi connectivity index (χ1v) is 8.41. The van der Waals surface area contributed by atoms with Crippen molar-refractivity contribution in [3.8, 4) is 5.75 Å². The van der Waals surface area contributed by atoms with Crippen molar-refractivity contribution in [2.75, 3.05) is 5.01 Å². The molecule has 0 saturated heterocycles. The highest BCUT2D eigenvalue weighted by molar-refractivity contribution is 9.11. The van der Waals surface area contributed by atoms with E-state index in [1.165, 1.54) is 5.01 Å². The summed E-state index contributed by atoms with van der Waals surface area (Å²) in [6.45, 7) is 1.80. The molecule has 0 saturated carbocycles. The Morgan fingerprint density at radius 1 is 1.13 bits per heavy atom. The molecule has 0 unspecified atom stereocenters. The predicted octanol–water partition coefficient (Wildman–Crippen LogP) is 4.72. The van der Waals surface area contributed by atoms with Gasteiger partial charge in [-0.1, -0.05) is 18.2 Å². The average Bonchev–Trinajstić information content (AvgIpc) is 2.81. The van der Waals surface area contributed by atoms with Gasteiger partial charge < -0.3 is 5.11 Å². The number of halogens is 2. The number of hydrazone groups is 1. The van der Waals surface area contributed by atoms with Gasteiger partial charge in [-0.25, -0.2) is 0 Å². The Kier molecular flexibility index (Phi) is 4.37. The molecule has 1 N–H and O–H groups in total. The second-order valence-corrected chi connectivity index (χ2v) is 6.74. The highest BCUT2D eigenvalue weighted by Gasteiger charge is 2.28. The summed E-state index contributed by atoms with van der Waals surface area (Å²) in [4.78, 5) is 12.6. The minimum Gasteiger partial charge on any atom is -0.506 e. The van der Waals surface area contributed by atoms with E-state index in [9.17, 15) is 9.90 Å². The highest BCUT2D eigenvalue weighted by Crippen LogP contribution is 2.34. The lowest BCUT2D eigenvalue weighted by Crippen LogP contribution is -2.21. The molecule has 0 fully saturated rings. The first kappa shape index (κ1) is 16.0. The molecule has 0 spiro atoms. The van der Waals surface area contributed by atoms with Crippen molar-refractivity contribution in [2.24, 2.45) is 5.10 Å². The zero-order chi connectivity index (χ0) is 16.6. The maximum Gasteiger partial charge on any atom is 0.280 e. The van der Waals surface area contributed by atoms with Gasteiger partial charge in [0.25, 0.3) is 5.91 Å². The van der Waals surface area contributed by atoms with Gasteiger partial charge >= 0.3 is 0 Å². The third-order valence-corrected chi connectivity index (χ3v) is 4.62. The number of hydrogen-bond donors (Lipinski definition) is 1. The maximum atomic E-state index is 12.6. The van der Waals surface area contributed by atoms with Gasteiger partial charge in [-0.3, -0.25) is 4.79 Å². The summed E-state index contributed by atoms with van der Waals surface area (Å²) in [7, 11) is 0. The zero-order valence-electron chi connectivity index (χ0n) is 12.1. The maximum absolute atomic E-state index is 12.6. The molecule has 4 nitrogen and oxygen atoms in total. The summed E-state index contributed by atoms with van der Waals surface area (Å²) in [5.41, 5.74) is 2.69. The number of para-hydroxylation sites is 1. The van der Waals surface area contributed by atoms with E-state index in [4.69, 9.17) is 0 Å². The Morgan fingerprint density at radius 3 is 2.35 bits per heavy atom. The van der Waals surface area contributed by atoms with Crippen LogP contribution in [0.1, 0.15) is 12.5 Å². The Balaban J connectivity index is 1.99. The van der Waals surface area contributed by atoms with Gasteiger partial charge in [-0.05, 0) is 74.7 Å². The van der Waals surface area contributed by atoms with E-state index in [0.717, 1.165) is 11.3 Å². The first-order chi connectivity index (χ1) is 11.0. The predicted molar refractivity (Wildman–Crippen MR) is 98.5 cm³/mol. The minimum absolute atomic E-state index is 0.126. The van der Waals surface area contributed by atoms with E-state index in [1.54, 1.807) is 25.1 Å². The lowest BCUT2D eigenvalue weighted by molar-refractivity contribution is -0.114. The van der Waals surface area contributed by atoms with E-state index in [2.05, 4.69) is 37.0 Å². The van der Waals surface area contributed by atoms with Gasteiger partial charge in [0.15, 0.2) is 0 Å². The third-order valence-electron chi connectivity index (χ3n) is 3.41. The number of hydrogen-bond acceptors (Lipinski definition) is 3. The Morgan fingerprint density at radius 2 is 1.74 bits per heavy atom. The van der Waals surface area contributed by atoms with Crippen LogP contribution in [0.25, 0.3) is 6.08 Å². The molecule has 0 aromatic heterocycles. The van der Waals surface area contributed by atoms with Crippen LogP contribution in [0.3, 0.4) is 0 Å². The fourth-order valence-electron chi connectivity index (χ4n) is 2.26. The van der Waals surface area contributed by atoms with E-state index < -0.39 is 0 Å². The molecule has 116 valence electrons. The van der Waals surface area contributed by atoms with Crippen molar-refractivity contribution < 1.29 is 9.90 Å². The number of anilines is 1. The van der Waals surface area contributed by atoms with Crippen molar-refractivity contribution in [2.45, 2.75) is 6.92 Å². The van der Waals surface area contributed by atoms with Gasteiger partial charge in [0.05, 0.1) is 25.9 Å². The van der Waals surface area contributed by atoms with Crippen molar-refractivity contribution in [3.63, 3.8) is 0 Å². The van der Waals surface area contributed by atoms with E-state index >= 15 is 0 Å². The molecule has 0 atom stereocenters. The van der Waals surface area contributed by atoms with Crippen molar-refractivity contribution in [3.05, 3.63) is 62.5 Å². The number of carbonyl (C=O) groups is 1. The van der Waals surface area contributed by atoms with Crippen LogP contribution < -0.4 is 5.01 Å². The number of amides is 1. The number of phenols is 1. The third kappa shape index (κ3) is 3.09. The highest BCUT2D eigenvalue weighted by atomic mass is 79.9. The summed E-state index contributed by atoms with van der Waals surface area (Å²) in [5, 5.41) is 15.5. The molecule has 0 aliphatic carbocycles. The first-order valence-electron chi connectivity index (χ1n) is 6.82. The zero-order valence-corrected chi connectivity index (χ0v) is 15.3. The normalized spacial score (nSPS) is 16.1. The Hall–Kier alpha value is -1.92. The largest absolute Gasteiger partial charge is 0.506 e. The number of benzene rings is 2. The molecule has 0 bridgehead atoms. The van der Waals surface area contributed by atoms with Gasteiger partial charge in [-0.2, -0.15) is 10.1 Å². The number of aromatic hydroxyl groups is 1. The van der Waals surface area contributed by atoms with Crippen LogP contribution in [-0.4, -0.2) is 16.7 Å². The van der Waals surface area contributed by atoms with Crippen molar-refractivity contribution >= 4 is 55.2 Å². The van der Waals surface area contributed by atoms with Crippen LogP contribution in [0.4, 0.5) is 5.69 Å². The number of carbonyl (C=O) groups excluding carboxylic acids is 1. The monoisotopic (exact) mass is 434 g/mol. The van der Waals surface area contributed by atoms with Gasteiger partial charge in [0, 0.05) is 0 Å². The summed E-state index contributed by atoms with van der Waals surface area (Å²) in [6, 6.07) is 12.8. The standard InChI is InChI=1S/C17H12Br2N2O2/c1-10-13(7-11-8-14(18)16(22)15(19)9-11)17(23)21(20-10)12-5-3-2-4-6-12/h2-9,22H,1H3/b13-7+. The molecule has 0 radical (unpaired) electrons. The average molecular weight is 436 g/mol. The molecule has 2 aromatic carbocycles. The fraction of sp³-hybridized carbons (Fsp3) is 0.0588. The smallest absolute Gasteiger partial charge is 0.280 e. The van der Waals surface area contributed by atoms with Gasteiger partial charge in [0.1, 0.15) is 5.75 Å². The molecule has 2 aromatic rings. The number of rotatable bonds is 2. The molecule has 3 rings (SSSR count). The van der Waals surface area contributed by atoms with E-state index in [0.29, 0.717) is 20.2 Å². The van der Waals surface area contributed by atoms with E-state index in [-0.39, 0.29) is 11.7 Å². The summed E-state index contributed by atoms with van der Waals surface area (Å²) in [5.74, 6) is -0.0461. The van der Waals surface area contributed by atoms with Gasteiger partial charge in [-0.15, -0.1) is 0 Å². The molecule has 6 heteroatoms.